The van der Waals surface area contributed by atoms with Crippen LogP contribution in [0.3, 0.4) is 0 Å². The smallest absolute Gasteiger partial charge is 0.230 e. The van der Waals surface area contributed by atoms with Gasteiger partial charge in [0, 0.05) is 34.1 Å². The molecule has 0 aliphatic carbocycles. The number of amides is 1. The summed E-state index contributed by atoms with van der Waals surface area (Å²) in [5, 5.41) is 2.72. The van der Waals surface area contributed by atoms with Crippen molar-refractivity contribution in [1.29, 1.82) is 0 Å². The second-order valence-corrected chi connectivity index (χ2v) is 4.85. The summed E-state index contributed by atoms with van der Waals surface area (Å²) in [4.78, 5) is 28.2. The Bertz CT molecular complexity index is 456. The van der Waals surface area contributed by atoms with Gasteiger partial charge in [-0.3, -0.25) is 4.79 Å². The van der Waals surface area contributed by atoms with Gasteiger partial charge in [-0.25, -0.2) is 0 Å². The van der Waals surface area contributed by atoms with E-state index in [0.717, 1.165) is 13.1 Å². The monoisotopic (exact) mass is 264 g/mol. The van der Waals surface area contributed by atoms with Gasteiger partial charge in [-0.1, -0.05) is 0 Å². The molecule has 0 atom stereocenters. The third kappa shape index (κ3) is 3.52. The Labute approximate surface area is 113 Å². The van der Waals surface area contributed by atoms with Crippen molar-refractivity contribution >= 4 is 17.8 Å². The summed E-state index contributed by atoms with van der Waals surface area (Å²) in [6.07, 6.45) is 2.34. The molecule has 1 N–H and O–H groups in total. The molecule has 7 heteroatoms. The number of nitrogens with one attached hydrogen (secondary N) is 1. The zero-order valence-corrected chi connectivity index (χ0v) is 11.7. The maximum absolute atomic E-state index is 11.0. The van der Waals surface area contributed by atoms with E-state index in [1.807, 2.05) is 19.0 Å². The van der Waals surface area contributed by atoms with Crippen LogP contribution in [0.2, 0.25) is 0 Å². The summed E-state index contributed by atoms with van der Waals surface area (Å²) in [5.41, 5.74) is 0. The summed E-state index contributed by atoms with van der Waals surface area (Å²) >= 11 is 0. The second kappa shape index (κ2) is 5.81. The second-order valence-electron chi connectivity index (χ2n) is 4.85. The first-order chi connectivity index (χ1) is 9.06. The molecule has 19 heavy (non-hydrogen) atoms. The molecule has 2 heterocycles. The molecule has 1 fully saturated rings. The van der Waals surface area contributed by atoms with Crippen molar-refractivity contribution in [3.05, 3.63) is 5.82 Å². The van der Waals surface area contributed by atoms with E-state index >= 15 is 0 Å². The van der Waals surface area contributed by atoms with Crippen LogP contribution in [0, 0.1) is 0 Å². The zero-order chi connectivity index (χ0) is 13.8. The Morgan fingerprint density at radius 1 is 1.26 bits per heavy atom. The van der Waals surface area contributed by atoms with E-state index in [-0.39, 0.29) is 5.91 Å². The Morgan fingerprint density at radius 3 is 2.53 bits per heavy atom. The largest absolute Gasteiger partial charge is 0.349 e. The molecular formula is C12H20N6O. The standard InChI is InChI=1S/C12H20N6O/c1-9(19)13-8-10-14-11(17(2)3)16-12(15-10)18-6-4-5-7-18/h4-8H2,1-3H3,(H,13,19). The first-order valence-electron chi connectivity index (χ1n) is 6.48. The number of rotatable bonds is 4. The van der Waals surface area contributed by atoms with E-state index in [2.05, 4.69) is 25.2 Å². The predicted octanol–water partition coefficient (Wildman–Crippen LogP) is 0.174. The maximum Gasteiger partial charge on any atom is 0.230 e. The summed E-state index contributed by atoms with van der Waals surface area (Å²) in [6, 6.07) is 0. The molecule has 0 bridgehead atoms. The van der Waals surface area contributed by atoms with E-state index in [4.69, 9.17) is 0 Å². The summed E-state index contributed by atoms with van der Waals surface area (Å²) in [6.45, 7) is 3.78. The number of nitrogens with zero attached hydrogens (tertiary/aromatic N) is 5. The van der Waals surface area contributed by atoms with Crippen LogP contribution in [-0.4, -0.2) is 48.0 Å². The fourth-order valence-electron chi connectivity index (χ4n) is 1.94. The van der Waals surface area contributed by atoms with Crippen molar-refractivity contribution in [2.24, 2.45) is 0 Å². The minimum atomic E-state index is -0.0884. The Hall–Kier alpha value is -1.92. The van der Waals surface area contributed by atoms with Gasteiger partial charge in [0.15, 0.2) is 5.82 Å². The molecule has 2 rings (SSSR count). The van der Waals surface area contributed by atoms with Gasteiger partial charge in [0.05, 0.1) is 6.54 Å². The molecule has 0 aromatic carbocycles. The molecule has 0 saturated carbocycles. The molecular weight excluding hydrogens is 244 g/mol. The van der Waals surface area contributed by atoms with Crippen molar-refractivity contribution in [3.8, 4) is 0 Å². The van der Waals surface area contributed by atoms with Gasteiger partial charge >= 0.3 is 0 Å². The summed E-state index contributed by atoms with van der Waals surface area (Å²) in [5.74, 6) is 1.83. The van der Waals surface area contributed by atoms with E-state index in [1.165, 1.54) is 19.8 Å². The molecule has 0 spiro atoms. The van der Waals surface area contributed by atoms with Crippen LogP contribution in [0.15, 0.2) is 0 Å². The van der Waals surface area contributed by atoms with Crippen LogP contribution in [0.1, 0.15) is 25.6 Å². The molecule has 1 amide bonds. The minimum Gasteiger partial charge on any atom is -0.349 e. The lowest BCUT2D eigenvalue weighted by Gasteiger charge is -2.18. The maximum atomic E-state index is 11.0. The van der Waals surface area contributed by atoms with Crippen molar-refractivity contribution in [2.45, 2.75) is 26.3 Å². The van der Waals surface area contributed by atoms with Gasteiger partial charge in [-0.15, -0.1) is 0 Å². The summed E-state index contributed by atoms with van der Waals surface area (Å²) < 4.78 is 0. The van der Waals surface area contributed by atoms with Crippen LogP contribution in [0.4, 0.5) is 11.9 Å². The number of hydrogen-bond acceptors (Lipinski definition) is 6. The lowest BCUT2D eigenvalue weighted by Crippen LogP contribution is -2.26. The molecule has 0 unspecified atom stereocenters. The van der Waals surface area contributed by atoms with E-state index < -0.39 is 0 Å². The highest BCUT2D eigenvalue weighted by Crippen LogP contribution is 2.17. The van der Waals surface area contributed by atoms with Crippen molar-refractivity contribution in [1.82, 2.24) is 20.3 Å². The number of anilines is 2. The molecule has 104 valence electrons. The first kappa shape index (κ1) is 13.5. The number of hydrogen-bond donors (Lipinski definition) is 1. The highest BCUT2D eigenvalue weighted by atomic mass is 16.1. The van der Waals surface area contributed by atoms with E-state index in [1.54, 1.807) is 0 Å². The first-order valence-corrected chi connectivity index (χ1v) is 6.48. The molecule has 1 aromatic heterocycles. The zero-order valence-electron chi connectivity index (χ0n) is 11.7. The normalized spacial score (nSPS) is 14.6. The number of aromatic nitrogens is 3. The number of carbonyl (C=O) groups is 1. The van der Waals surface area contributed by atoms with Crippen LogP contribution >= 0.6 is 0 Å². The van der Waals surface area contributed by atoms with E-state index in [9.17, 15) is 4.79 Å². The number of carbonyl (C=O) groups excluding carboxylic acids is 1. The van der Waals surface area contributed by atoms with Crippen LogP contribution in [0.5, 0.6) is 0 Å². The quantitative estimate of drug-likeness (QED) is 0.836. The minimum absolute atomic E-state index is 0.0884. The molecule has 1 aliphatic rings. The molecule has 1 aromatic rings. The third-order valence-corrected chi connectivity index (χ3v) is 2.94. The molecule has 7 nitrogen and oxygen atoms in total. The van der Waals surface area contributed by atoms with E-state index in [0.29, 0.717) is 24.3 Å². The van der Waals surface area contributed by atoms with Gasteiger partial charge < -0.3 is 15.1 Å². The van der Waals surface area contributed by atoms with Crippen LogP contribution < -0.4 is 15.1 Å². The van der Waals surface area contributed by atoms with Gasteiger partial charge in [-0.05, 0) is 12.8 Å². The average Bonchev–Trinajstić information content (AvgIpc) is 2.89. The van der Waals surface area contributed by atoms with Crippen LogP contribution in [0.25, 0.3) is 0 Å². The topological polar surface area (TPSA) is 74.2 Å². The highest BCUT2D eigenvalue weighted by Gasteiger charge is 2.17. The van der Waals surface area contributed by atoms with Gasteiger partial charge in [0.25, 0.3) is 0 Å². The highest BCUT2D eigenvalue weighted by molar-refractivity contribution is 5.72. The average molecular weight is 264 g/mol. The van der Waals surface area contributed by atoms with Gasteiger partial charge in [0.1, 0.15) is 0 Å². The van der Waals surface area contributed by atoms with Gasteiger partial charge in [0.2, 0.25) is 17.8 Å². The Balaban J connectivity index is 2.23. The van der Waals surface area contributed by atoms with Crippen molar-refractivity contribution in [3.63, 3.8) is 0 Å². The van der Waals surface area contributed by atoms with Crippen LogP contribution in [-0.2, 0) is 11.3 Å². The van der Waals surface area contributed by atoms with Crippen molar-refractivity contribution in [2.75, 3.05) is 37.0 Å². The molecule has 1 saturated heterocycles. The summed E-state index contributed by atoms with van der Waals surface area (Å²) in [7, 11) is 3.79. The Morgan fingerprint density at radius 2 is 1.95 bits per heavy atom. The molecule has 1 aliphatic heterocycles. The Kier molecular flexibility index (Phi) is 4.13. The lowest BCUT2D eigenvalue weighted by molar-refractivity contribution is -0.119. The predicted molar refractivity (Wildman–Crippen MR) is 73.1 cm³/mol. The molecule has 0 radical (unpaired) electrons. The van der Waals surface area contributed by atoms with Crippen molar-refractivity contribution < 1.29 is 4.79 Å². The fourth-order valence-corrected chi connectivity index (χ4v) is 1.94. The van der Waals surface area contributed by atoms with Gasteiger partial charge in [-0.2, -0.15) is 15.0 Å². The fraction of sp³-hybridized carbons (Fsp3) is 0.667. The SMILES string of the molecule is CC(=O)NCc1nc(N(C)C)nc(N2CCCC2)n1. The third-order valence-electron chi connectivity index (χ3n) is 2.94. The lowest BCUT2D eigenvalue weighted by atomic mass is 10.4.